The third-order valence-electron chi connectivity index (χ3n) is 6.51. The molecule has 9 heteroatoms. The largest absolute Gasteiger partial charge is 0.508 e. The highest BCUT2D eigenvalue weighted by Gasteiger charge is 2.41. The molecule has 2 aromatic carbocycles. The second kappa shape index (κ2) is 12.5. The van der Waals surface area contributed by atoms with E-state index in [0.717, 1.165) is 5.56 Å². The third kappa shape index (κ3) is 6.93. The second-order valence-electron chi connectivity index (χ2n) is 9.26. The molecule has 37 heavy (non-hydrogen) atoms. The minimum absolute atomic E-state index is 0.0718. The van der Waals surface area contributed by atoms with Crippen molar-refractivity contribution in [2.45, 2.75) is 57.0 Å². The number of carbonyl (C=O) groups is 3. The zero-order valence-corrected chi connectivity index (χ0v) is 21.8. The van der Waals surface area contributed by atoms with E-state index in [2.05, 4.69) is 5.32 Å². The summed E-state index contributed by atoms with van der Waals surface area (Å²) in [6.45, 7) is 1.83. The van der Waals surface area contributed by atoms with Gasteiger partial charge in [0.2, 0.25) is 11.8 Å². The van der Waals surface area contributed by atoms with Gasteiger partial charge in [-0.2, -0.15) is 0 Å². The summed E-state index contributed by atoms with van der Waals surface area (Å²) in [5.74, 6) is -0.511. The van der Waals surface area contributed by atoms with Crippen LogP contribution in [0.2, 0.25) is 0 Å². The number of hydrogen-bond donors (Lipinski definition) is 2. The molecule has 1 saturated heterocycles. The average molecular weight is 514 g/mol. The Morgan fingerprint density at radius 3 is 2.41 bits per heavy atom. The van der Waals surface area contributed by atoms with Crippen molar-refractivity contribution in [3.63, 3.8) is 0 Å². The number of nitrogens with one attached hydrogen (secondary N) is 1. The maximum absolute atomic E-state index is 13.5. The molecule has 0 radical (unpaired) electrons. The summed E-state index contributed by atoms with van der Waals surface area (Å²) < 4.78 is 24.6. The molecule has 1 heterocycles. The highest BCUT2D eigenvalue weighted by atomic mass is 16.5. The van der Waals surface area contributed by atoms with Crippen molar-refractivity contribution >= 4 is 17.8 Å². The molecule has 2 amide bonds. The molecule has 1 fully saturated rings. The molecule has 200 valence electrons. The standard InChI is InChI=1S/C28H36N2O7/c1-28(27(34)37-4,18-20-12-15-23(35-2)24(17-20)36-3)29-26(33)22-8-6-16-30(22)25(32)9-5-7-19-10-13-21(31)14-11-19/h10-15,17,22,31H,5-9,16,18H2,1-4H3,(H,29,33)/t22-,28-/m0/s1/i22D. The van der Waals surface area contributed by atoms with Crippen molar-refractivity contribution in [2.75, 3.05) is 27.9 Å². The van der Waals surface area contributed by atoms with E-state index in [4.69, 9.17) is 15.6 Å². The van der Waals surface area contributed by atoms with Crippen LogP contribution in [0.1, 0.15) is 45.1 Å². The van der Waals surface area contributed by atoms with Crippen molar-refractivity contribution in [2.24, 2.45) is 0 Å². The van der Waals surface area contributed by atoms with E-state index in [9.17, 15) is 19.5 Å². The van der Waals surface area contributed by atoms with Crippen LogP contribution < -0.4 is 14.8 Å². The number of aryl methyl sites for hydroxylation is 1. The number of methoxy groups -OCH3 is 3. The molecule has 0 unspecified atom stereocenters. The quantitative estimate of drug-likeness (QED) is 0.444. The van der Waals surface area contributed by atoms with Gasteiger partial charge in [-0.25, -0.2) is 4.79 Å². The molecule has 0 aliphatic carbocycles. The molecular formula is C28H36N2O7. The van der Waals surface area contributed by atoms with Crippen molar-refractivity contribution in [1.82, 2.24) is 10.2 Å². The van der Waals surface area contributed by atoms with E-state index in [1.165, 1.54) is 33.2 Å². The molecule has 1 aliphatic rings. The maximum Gasteiger partial charge on any atom is 0.331 e. The number of ether oxygens (including phenoxy) is 3. The number of carbonyl (C=O) groups excluding carboxylic acids is 3. The Bertz CT molecular complexity index is 1160. The Balaban J connectivity index is 1.72. The zero-order chi connectivity index (χ0) is 27.9. The number of likely N-dealkylation sites (tertiary alicyclic amines) is 1. The predicted molar refractivity (Wildman–Crippen MR) is 138 cm³/mol. The fourth-order valence-electron chi connectivity index (χ4n) is 4.54. The van der Waals surface area contributed by atoms with Crippen LogP contribution in [0, 0.1) is 0 Å². The number of aromatic hydroxyl groups is 1. The Hall–Kier alpha value is -3.75. The zero-order valence-electron chi connectivity index (χ0n) is 22.8. The Morgan fingerprint density at radius 1 is 1.08 bits per heavy atom. The summed E-state index contributed by atoms with van der Waals surface area (Å²) in [5.41, 5.74) is 0.176. The Morgan fingerprint density at radius 2 is 1.76 bits per heavy atom. The number of phenolic OH excluding ortho intramolecular Hbond substituents is 1. The average Bonchev–Trinajstić information content (AvgIpc) is 3.32. The van der Waals surface area contributed by atoms with E-state index >= 15 is 0 Å². The first kappa shape index (κ1) is 26.3. The smallest absolute Gasteiger partial charge is 0.331 e. The number of rotatable bonds is 11. The van der Waals surface area contributed by atoms with Crippen LogP contribution in [0.15, 0.2) is 42.5 Å². The topological polar surface area (TPSA) is 114 Å². The van der Waals surface area contributed by atoms with E-state index in [1.54, 1.807) is 42.5 Å². The lowest BCUT2D eigenvalue weighted by molar-refractivity contribution is -0.151. The summed E-state index contributed by atoms with van der Waals surface area (Å²) in [5, 5.41) is 12.1. The minimum Gasteiger partial charge on any atom is -0.508 e. The van der Waals surface area contributed by atoms with E-state index in [1.807, 2.05) is 0 Å². The van der Waals surface area contributed by atoms with Crippen LogP contribution in [-0.2, 0) is 32.0 Å². The second-order valence-corrected chi connectivity index (χ2v) is 9.26. The van der Waals surface area contributed by atoms with Crippen molar-refractivity contribution in [1.29, 1.82) is 0 Å². The van der Waals surface area contributed by atoms with Gasteiger partial charge in [-0.15, -0.1) is 0 Å². The van der Waals surface area contributed by atoms with Crippen molar-refractivity contribution < 1.29 is 35.1 Å². The molecule has 0 aromatic heterocycles. The van der Waals surface area contributed by atoms with Gasteiger partial charge >= 0.3 is 5.97 Å². The van der Waals surface area contributed by atoms with Gasteiger partial charge in [0.05, 0.1) is 22.7 Å². The summed E-state index contributed by atoms with van der Waals surface area (Å²) in [7, 11) is 4.26. The molecule has 9 nitrogen and oxygen atoms in total. The molecule has 2 N–H and O–H groups in total. The van der Waals surface area contributed by atoms with Crippen LogP contribution in [0.5, 0.6) is 17.2 Å². The van der Waals surface area contributed by atoms with Crippen LogP contribution in [0.3, 0.4) is 0 Å². The van der Waals surface area contributed by atoms with Crippen molar-refractivity contribution in [3.8, 4) is 17.2 Å². The SMILES string of the molecule is [2H][C@@]1(C(=O)N[C@@](C)(Cc2ccc(OC)c(OC)c2)C(=O)OC)CCCN1C(=O)CCCc1ccc(O)cc1. The van der Waals surface area contributed by atoms with Gasteiger partial charge in [-0.3, -0.25) is 9.59 Å². The Kier molecular flexibility index (Phi) is 8.87. The predicted octanol–water partition coefficient (Wildman–Crippen LogP) is 3.01. The number of hydrogen-bond acceptors (Lipinski definition) is 7. The normalized spacial score (nSPS) is 18.9. The van der Waals surface area contributed by atoms with Crippen LogP contribution in [0.4, 0.5) is 0 Å². The summed E-state index contributed by atoms with van der Waals surface area (Å²) in [4.78, 5) is 40.7. The summed E-state index contributed by atoms with van der Waals surface area (Å²) in [6.07, 6.45) is 2.08. The fraction of sp³-hybridized carbons (Fsp3) is 0.464. The molecule has 1 aliphatic heterocycles. The first-order chi connectivity index (χ1) is 18.1. The molecule has 0 spiro atoms. The number of nitrogens with zero attached hydrogens (tertiary/aromatic N) is 1. The number of amides is 2. The first-order valence-electron chi connectivity index (χ1n) is 12.8. The first-order valence-corrected chi connectivity index (χ1v) is 12.3. The molecular weight excluding hydrogens is 476 g/mol. The molecule has 2 aromatic rings. The van der Waals surface area contributed by atoms with Gasteiger partial charge in [-0.1, -0.05) is 18.2 Å². The van der Waals surface area contributed by atoms with E-state index in [-0.39, 0.29) is 30.9 Å². The lowest BCUT2D eigenvalue weighted by atomic mass is 9.91. The third-order valence-corrected chi connectivity index (χ3v) is 6.51. The van der Waals surface area contributed by atoms with Crippen LogP contribution >= 0.6 is 0 Å². The van der Waals surface area contributed by atoms with Gasteiger partial charge in [0, 0.05) is 19.4 Å². The van der Waals surface area contributed by atoms with E-state index < -0.39 is 23.4 Å². The molecule has 0 saturated carbocycles. The lowest BCUT2D eigenvalue weighted by Gasteiger charge is -2.32. The van der Waals surface area contributed by atoms with Crippen LogP contribution in [-0.4, -0.2) is 67.2 Å². The number of phenols is 1. The molecule has 3 rings (SSSR count). The minimum atomic E-state index is -1.83. The highest BCUT2D eigenvalue weighted by molar-refractivity contribution is 5.93. The lowest BCUT2D eigenvalue weighted by Crippen LogP contribution is -2.58. The summed E-state index contributed by atoms with van der Waals surface area (Å²) >= 11 is 0. The Labute approximate surface area is 219 Å². The number of benzene rings is 2. The van der Waals surface area contributed by atoms with Gasteiger partial charge in [0.25, 0.3) is 0 Å². The van der Waals surface area contributed by atoms with Gasteiger partial charge in [0.1, 0.15) is 17.3 Å². The van der Waals surface area contributed by atoms with Gasteiger partial charge < -0.3 is 29.5 Å². The van der Waals surface area contributed by atoms with E-state index in [0.29, 0.717) is 42.9 Å². The van der Waals surface area contributed by atoms with Crippen molar-refractivity contribution in [3.05, 3.63) is 53.6 Å². The van der Waals surface area contributed by atoms with Gasteiger partial charge in [0.15, 0.2) is 11.5 Å². The highest BCUT2D eigenvalue weighted by Crippen LogP contribution is 2.30. The summed E-state index contributed by atoms with van der Waals surface area (Å²) in [6, 6.07) is 10.1. The molecule has 0 bridgehead atoms. The monoisotopic (exact) mass is 513 g/mol. The van der Waals surface area contributed by atoms with Crippen LogP contribution in [0.25, 0.3) is 0 Å². The molecule has 2 atom stereocenters. The van der Waals surface area contributed by atoms with Gasteiger partial charge in [-0.05, 0) is 68.0 Å². The maximum atomic E-state index is 13.5. The fourth-order valence-corrected chi connectivity index (χ4v) is 4.54. The number of esters is 1.